The van der Waals surface area contributed by atoms with Crippen LogP contribution in [0.15, 0.2) is 151 Å². The van der Waals surface area contributed by atoms with Crippen molar-refractivity contribution >= 4 is 78.5 Å². The zero-order chi connectivity index (χ0) is 46.8. The quantitative estimate of drug-likeness (QED) is 0.0751. The number of nitrogens with zero attached hydrogens (tertiary/aromatic N) is 3. The number of hydrogen-bond acceptors (Lipinski definition) is 7. The highest BCUT2D eigenvalue weighted by atomic mass is 16.7. The third kappa shape index (κ3) is 8.66. The van der Waals surface area contributed by atoms with Crippen LogP contribution in [0.3, 0.4) is 0 Å². The Bertz CT molecular complexity index is 3430. The number of para-hydroxylation sites is 1. The van der Waals surface area contributed by atoms with E-state index in [1.165, 1.54) is 6.92 Å². The van der Waals surface area contributed by atoms with Crippen molar-refractivity contribution in [3.63, 3.8) is 0 Å². The summed E-state index contributed by atoms with van der Waals surface area (Å²) in [5, 5.41) is 13.6. The van der Waals surface area contributed by atoms with Crippen LogP contribution in [0.1, 0.15) is 98.2 Å². The van der Waals surface area contributed by atoms with Crippen molar-refractivity contribution in [1.82, 2.24) is 14.6 Å². The molecule has 0 fully saturated rings. The fraction of sp³-hybridized carbons (Fsp3) is 0.161. The van der Waals surface area contributed by atoms with E-state index >= 15 is 0 Å². The molecule has 2 aromatic heterocycles. The van der Waals surface area contributed by atoms with E-state index in [1.807, 2.05) is 138 Å². The van der Waals surface area contributed by atoms with Gasteiger partial charge in [0.15, 0.2) is 11.6 Å². The van der Waals surface area contributed by atoms with Gasteiger partial charge in [0.25, 0.3) is 0 Å². The number of aliphatic imine (C=N–C) groups is 1. The van der Waals surface area contributed by atoms with E-state index in [0.717, 1.165) is 78.0 Å². The van der Waals surface area contributed by atoms with Crippen molar-refractivity contribution in [3.8, 4) is 0 Å². The molecule has 7 aromatic carbocycles. The number of carboxylic acid groups (broad SMARTS) is 1. The standard InChI is InChI=1S/C30H24N2O3.C26H26N2O3/c1-18-8-4-5-9-22(18)29(33)21-13-15-28-25(17-21)24-16-20(12-14-27(24)32(28)3)19(2)31-26-11-7-6-10-23(26)30(34)35;1-5-28-24-12-10-19(17(3)27-31-18(4)29)14-22(24)23-15-20(11-13-25(23)28)26(30)21-9-7-6-8-16(21)2/h4-17H,1-3H3,(H,34,35);6-15,17,27H,5H2,1-4H3. The van der Waals surface area contributed by atoms with Gasteiger partial charge in [-0.25, -0.2) is 4.79 Å². The Morgan fingerprint density at radius 1 is 0.606 bits per heavy atom. The van der Waals surface area contributed by atoms with Gasteiger partial charge in [0.2, 0.25) is 0 Å². The lowest BCUT2D eigenvalue weighted by Gasteiger charge is -2.13. The number of carbonyl (C=O) groups is 4. The van der Waals surface area contributed by atoms with Crippen LogP contribution in [0.2, 0.25) is 0 Å². The molecule has 0 aliphatic carbocycles. The van der Waals surface area contributed by atoms with Crippen molar-refractivity contribution < 1.29 is 29.1 Å². The Labute approximate surface area is 382 Å². The summed E-state index contributed by atoms with van der Waals surface area (Å²) in [5.74, 6) is -1.36. The molecule has 10 nitrogen and oxygen atoms in total. The van der Waals surface area contributed by atoms with Gasteiger partial charge >= 0.3 is 11.9 Å². The van der Waals surface area contributed by atoms with E-state index < -0.39 is 5.97 Å². The maximum Gasteiger partial charge on any atom is 0.337 e. The molecule has 0 spiro atoms. The molecule has 0 bridgehead atoms. The molecule has 9 aromatic rings. The van der Waals surface area contributed by atoms with Crippen LogP contribution >= 0.6 is 0 Å². The van der Waals surface area contributed by atoms with Gasteiger partial charge in [0.1, 0.15) is 0 Å². The monoisotopic (exact) mass is 874 g/mol. The lowest BCUT2D eigenvalue weighted by atomic mass is 9.97. The first-order chi connectivity index (χ1) is 31.7. The van der Waals surface area contributed by atoms with Gasteiger partial charge in [-0.1, -0.05) is 72.8 Å². The van der Waals surface area contributed by atoms with Crippen LogP contribution in [0.25, 0.3) is 43.6 Å². The fourth-order valence-corrected chi connectivity index (χ4v) is 8.66. The first-order valence-electron chi connectivity index (χ1n) is 21.8. The molecular formula is C56H50N4O6. The van der Waals surface area contributed by atoms with Crippen LogP contribution in [-0.4, -0.2) is 43.5 Å². The second-order valence-corrected chi connectivity index (χ2v) is 16.5. The zero-order valence-electron chi connectivity index (χ0n) is 38.0. The SMILES string of the molecule is CC(=Nc1ccccc1C(=O)O)c1ccc2c(c1)c1cc(C(=O)c3ccccc3C)ccc1n2C.CCn1c2ccc(C(=O)c3ccccc3C)cc2c2cc(C(C)NOC(C)=O)ccc21. The lowest BCUT2D eigenvalue weighted by Crippen LogP contribution is -2.21. The summed E-state index contributed by atoms with van der Waals surface area (Å²) in [4.78, 5) is 58.7. The highest BCUT2D eigenvalue weighted by Gasteiger charge is 2.19. The third-order valence-corrected chi connectivity index (χ3v) is 12.2. The van der Waals surface area contributed by atoms with Crippen molar-refractivity contribution in [1.29, 1.82) is 0 Å². The maximum atomic E-state index is 13.2. The van der Waals surface area contributed by atoms with Crippen LogP contribution in [0.4, 0.5) is 5.69 Å². The van der Waals surface area contributed by atoms with Gasteiger partial charge in [-0.15, -0.1) is 5.48 Å². The minimum Gasteiger partial charge on any atom is -0.478 e. The van der Waals surface area contributed by atoms with Crippen molar-refractivity contribution in [2.45, 2.75) is 54.1 Å². The van der Waals surface area contributed by atoms with Gasteiger partial charge in [-0.3, -0.25) is 19.4 Å². The lowest BCUT2D eigenvalue weighted by molar-refractivity contribution is -0.150. The first kappa shape index (κ1) is 44.6. The second-order valence-electron chi connectivity index (χ2n) is 16.5. The predicted molar refractivity (Wildman–Crippen MR) is 263 cm³/mol. The largest absolute Gasteiger partial charge is 0.478 e. The molecule has 0 saturated heterocycles. The van der Waals surface area contributed by atoms with Crippen LogP contribution in [0, 0.1) is 13.8 Å². The molecule has 0 amide bonds. The molecule has 10 heteroatoms. The number of benzene rings is 7. The van der Waals surface area contributed by atoms with Gasteiger partial charge in [0.05, 0.1) is 17.3 Å². The summed E-state index contributed by atoms with van der Waals surface area (Å²) in [6, 6.07) is 45.9. The number of aryl methyl sites for hydroxylation is 4. The summed E-state index contributed by atoms with van der Waals surface area (Å²) >= 11 is 0. The van der Waals surface area contributed by atoms with Crippen molar-refractivity contribution in [2.24, 2.45) is 12.0 Å². The molecule has 0 aliphatic heterocycles. The predicted octanol–water partition coefficient (Wildman–Crippen LogP) is 12.2. The first-order valence-corrected chi connectivity index (χ1v) is 21.8. The summed E-state index contributed by atoms with van der Waals surface area (Å²) in [5.41, 5.74) is 14.9. The Morgan fingerprint density at radius 2 is 1.06 bits per heavy atom. The van der Waals surface area contributed by atoms with Gasteiger partial charge in [-0.2, -0.15) is 0 Å². The minimum absolute atomic E-state index is 0.00109. The topological polar surface area (TPSA) is 132 Å². The normalized spacial score (nSPS) is 12.0. The molecule has 66 heavy (non-hydrogen) atoms. The Kier molecular flexibility index (Phi) is 12.6. The number of rotatable bonds is 11. The van der Waals surface area contributed by atoms with Gasteiger partial charge in [0, 0.05) is 92.1 Å². The smallest absolute Gasteiger partial charge is 0.337 e. The Balaban J connectivity index is 0.000000181. The van der Waals surface area contributed by atoms with Crippen LogP contribution in [0.5, 0.6) is 0 Å². The molecular weight excluding hydrogens is 825 g/mol. The highest BCUT2D eigenvalue weighted by molar-refractivity contribution is 6.17. The third-order valence-electron chi connectivity index (χ3n) is 12.2. The molecule has 0 saturated carbocycles. The average Bonchev–Trinajstić information content (AvgIpc) is 3.79. The number of carboxylic acids is 1. The number of nitrogens with one attached hydrogen (secondary N) is 1. The molecule has 1 unspecified atom stereocenters. The summed E-state index contributed by atoms with van der Waals surface area (Å²) in [6.45, 7) is 12.0. The highest BCUT2D eigenvalue weighted by Crippen LogP contribution is 2.34. The number of hydrogen-bond donors (Lipinski definition) is 2. The van der Waals surface area contributed by atoms with E-state index in [0.29, 0.717) is 28.1 Å². The van der Waals surface area contributed by atoms with Crippen molar-refractivity contribution in [3.05, 3.63) is 196 Å². The summed E-state index contributed by atoms with van der Waals surface area (Å²) in [7, 11) is 2.01. The minimum atomic E-state index is -1.01. The number of aromatic nitrogens is 2. The maximum absolute atomic E-state index is 13.2. The van der Waals surface area contributed by atoms with Gasteiger partial charge < -0.3 is 19.1 Å². The summed E-state index contributed by atoms with van der Waals surface area (Å²) in [6.07, 6.45) is 0. The second kappa shape index (κ2) is 18.6. The fourth-order valence-electron chi connectivity index (χ4n) is 8.66. The van der Waals surface area contributed by atoms with E-state index in [9.17, 15) is 24.3 Å². The van der Waals surface area contributed by atoms with E-state index in [1.54, 1.807) is 24.3 Å². The van der Waals surface area contributed by atoms with Crippen LogP contribution in [-0.2, 0) is 23.2 Å². The average molecular weight is 875 g/mol. The number of aromatic carboxylic acids is 1. The van der Waals surface area contributed by atoms with Gasteiger partial charge in [-0.05, 0) is 130 Å². The Hall–Kier alpha value is -7.95. The molecule has 2 heterocycles. The van der Waals surface area contributed by atoms with E-state index in [-0.39, 0.29) is 29.1 Å². The molecule has 2 N–H and O–H groups in total. The zero-order valence-corrected chi connectivity index (χ0v) is 38.0. The number of carbonyl (C=O) groups excluding carboxylic acids is 3. The molecule has 0 radical (unpaired) electrons. The van der Waals surface area contributed by atoms with E-state index in [2.05, 4.69) is 44.7 Å². The molecule has 9 rings (SSSR count). The van der Waals surface area contributed by atoms with E-state index in [4.69, 9.17) is 4.84 Å². The Morgan fingerprint density at radius 3 is 1.59 bits per heavy atom. The molecule has 330 valence electrons. The van der Waals surface area contributed by atoms with Crippen LogP contribution < -0.4 is 5.48 Å². The number of fused-ring (bicyclic) bond motifs is 6. The number of hydroxylamine groups is 1. The molecule has 0 aliphatic rings. The van der Waals surface area contributed by atoms with Crippen molar-refractivity contribution in [2.75, 3.05) is 0 Å². The summed E-state index contributed by atoms with van der Waals surface area (Å²) < 4.78 is 4.36. The number of ketones is 2. The molecule has 1 atom stereocenters.